The van der Waals surface area contributed by atoms with Crippen LogP contribution in [0.15, 0.2) is 40.3 Å². The van der Waals surface area contributed by atoms with Gasteiger partial charge in [-0.2, -0.15) is 5.10 Å². The van der Waals surface area contributed by atoms with Crippen LogP contribution in [-0.2, 0) is 7.05 Å². The Morgan fingerprint density at radius 2 is 1.84 bits per heavy atom. The number of hydrogen-bond donors (Lipinski definition) is 2. The Morgan fingerprint density at radius 3 is 2.48 bits per heavy atom. The number of hydrogen-bond acceptors (Lipinski definition) is 9. The van der Waals surface area contributed by atoms with Crippen LogP contribution >= 0.6 is 0 Å². The first-order valence-electron chi connectivity index (χ1n) is 9.97. The van der Waals surface area contributed by atoms with Crippen LogP contribution in [0, 0.1) is 6.92 Å². The van der Waals surface area contributed by atoms with Crippen molar-refractivity contribution in [3.8, 4) is 11.4 Å². The van der Waals surface area contributed by atoms with Crippen LogP contribution in [0.25, 0.3) is 5.69 Å². The lowest BCUT2D eigenvalue weighted by Gasteiger charge is -2.15. The van der Waals surface area contributed by atoms with E-state index in [1.165, 1.54) is 24.1 Å². The lowest BCUT2D eigenvalue weighted by atomic mass is 10.2. The second-order valence-corrected chi connectivity index (χ2v) is 7.55. The fraction of sp³-hybridized carbons (Fsp3) is 0.400. The molecule has 0 radical (unpaired) electrons. The van der Waals surface area contributed by atoms with Crippen molar-refractivity contribution in [3.63, 3.8) is 0 Å². The molecule has 2 atom stereocenters. The van der Waals surface area contributed by atoms with E-state index in [4.69, 9.17) is 4.74 Å². The molecule has 31 heavy (non-hydrogen) atoms. The number of nitrogens with zero attached hydrogens (tertiary/aromatic N) is 6. The standard InChI is InChI=1S/C20H24N8O3/c1-12-9-22-19(26-25-12)24-14-5-4-13(8-14)23-17-7-6-15(10-21-17)28-18(29)16(31-3)11-27(2)20(28)30/h6-7,9-11,13-14H,4-5,8H2,1-3H3,(H,21,23)(H,22,24,26)/t13-,14-/m0/s1. The molecular weight excluding hydrogens is 400 g/mol. The molecule has 162 valence electrons. The molecule has 0 aromatic carbocycles. The molecule has 1 aliphatic rings. The minimum absolute atomic E-state index is 0.0848. The second-order valence-electron chi connectivity index (χ2n) is 7.55. The minimum atomic E-state index is -0.523. The van der Waals surface area contributed by atoms with Crippen molar-refractivity contribution < 1.29 is 4.74 Å². The van der Waals surface area contributed by atoms with Crippen LogP contribution in [0.1, 0.15) is 25.0 Å². The maximum atomic E-state index is 12.5. The van der Waals surface area contributed by atoms with Crippen LogP contribution in [0.4, 0.5) is 11.8 Å². The minimum Gasteiger partial charge on any atom is -0.490 e. The Kier molecular flexibility index (Phi) is 5.65. The molecule has 3 heterocycles. The van der Waals surface area contributed by atoms with E-state index >= 15 is 0 Å². The van der Waals surface area contributed by atoms with Gasteiger partial charge in [-0.05, 0) is 38.3 Å². The predicted molar refractivity (Wildman–Crippen MR) is 115 cm³/mol. The van der Waals surface area contributed by atoms with E-state index < -0.39 is 11.2 Å². The Morgan fingerprint density at radius 1 is 1.06 bits per heavy atom. The van der Waals surface area contributed by atoms with Gasteiger partial charge in [0.25, 0.3) is 0 Å². The van der Waals surface area contributed by atoms with Crippen molar-refractivity contribution in [2.24, 2.45) is 7.05 Å². The van der Waals surface area contributed by atoms with Gasteiger partial charge in [0.05, 0.1) is 37.1 Å². The number of nitrogens with one attached hydrogen (secondary N) is 2. The van der Waals surface area contributed by atoms with Crippen LogP contribution in [0.2, 0.25) is 0 Å². The van der Waals surface area contributed by atoms with Gasteiger partial charge in [0.1, 0.15) is 5.82 Å². The molecule has 0 spiro atoms. The zero-order valence-electron chi connectivity index (χ0n) is 17.6. The first-order valence-corrected chi connectivity index (χ1v) is 9.97. The van der Waals surface area contributed by atoms with Crippen LogP contribution in [0.3, 0.4) is 0 Å². The molecule has 2 N–H and O–H groups in total. The van der Waals surface area contributed by atoms with E-state index in [0.29, 0.717) is 17.5 Å². The molecule has 4 rings (SSSR count). The molecule has 11 heteroatoms. The summed E-state index contributed by atoms with van der Waals surface area (Å²) in [5, 5.41) is 14.8. The summed E-state index contributed by atoms with van der Waals surface area (Å²) in [6.07, 6.45) is 7.38. The molecule has 0 unspecified atom stereocenters. The van der Waals surface area contributed by atoms with Gasteiger partial charge in [-0.25, -0.2) is 19.3 Å². The van der Waals surface area contributed by atoms with Crippen LogP contribution in [-0.4, -0.2) is 48.5 Å². The Labute approximate surface area is 178 Å². The van der Waals surface area contributed by atoms with E-state index in [0.717, 1.165) is 29.5 Å². The van der Waals surface area contributed by atoms with Crippen molar-refractivity contribution >= 4 is 11.8 Å². The molecular formula is C20H24N8O3. The van der Waals surface area contributed by atoms with Crippen molar-refractivity contribution in [2.45, 2.75) is 38.3 Å². The summed E-state index contributed by atoms with van der Waals surface area (Å²) in [5.74, 6) is 1.29. The number of methoxy groups -OCH3 is 1. The summed E-state index contributed by atoms with van der Waals surface area (Å²) in [5.41, 5.74) is 0.168. The molecule has 0 amide bonds. The van der Waals surface area contributed by atoms with E-state index in [1.54, 1.807) is 25.4 Å². The normalized spacial score (nSPS) is 18.0. The van der Waals surface area contributed by atoms with Gasteiger partial charge >= 0.3 is 11.2 Å². The van der Waals surface area contributed by atoms with Gasteiger partial charge < -0.3 is 15.4 Å². The molecule has 3 aromatic heterocycles. The summed E-state index contributed by atoms with van der Waals surface area (Å²) in [6.45, 7) is 1.85. The van der Waals surface area contributed by atoms with Crippen LogP contribution < -0.4 is 26.6 Å². The third-order valence-corrected chi connectivity index (χ3v) is 5.24. The topological polar surface area (TPSA) is 129 Å². The van der Waals surface area contributed by atoms with Gasteiger partial charge in [0.2, 0.25) is 11.7 Å². The van der Waals surface area contributed by atoms with E-state index in [2.05, 4.69) is 30.8 Å². The van der Waals surface area contributed by atoms with Gasteiger partial charge in [0, 0.05) is 19.1 Å². The third kappa shape index (κ3) is 4.39. The average Bonchev–Trinajstić information content (AvgIpc) is 3.20. The fourth-order valence-electron chi connectivity index (χ4n) is 3.65. The van der Waals surface area contributed by atoms with Gasteiger partial charge in [0.15, 0.2) is 0 Å². The maximum Gasteiger partial charge on any atom is 0.335 e. The third-order valence-electron chi connectivity index (χ3n) is 5.24. The Balaban J connectivity index is 1.43. The molecule has 0 saturated heterocycles. The highest BCUT2D eigenvalue weighted by atomic mass is 16.5. The van der Waals surface area contributed by atoms with Crippen molar-refractivity contribution in [1.82, 2.24) is 29.3 Å². The number of pyridine rings is 1. The van der Waals surface area contributed by atoms with E-state index in [-0.39, 0.29) is 17.8 Å². The highest BCUT2D eigenvalue weighted by molar-refractivity contribution is 5.42. The largest absolute Gasteiger partial charge is 0.490 e. The average molecular weight is 424 g/mol. The maximum absolute atomic E-state index is 12.5. The molecule has 3 aromatic rings. The monoisotopic (exact) mass is 424 g/mol. The summed E-state index contributed by atoms with van der Waals surface area (Å²) in [7, 11) is 2.95. The highest BCUT2D eigenvalue weighted by Gasteiger charge is 2.25. The quantitative estimate of drug-likeness (QED) is 0.592. The second kappa shape index (κ2) is 8.54. The van der Waals surface area contributed by atoms with Crippen molar-refractivity contribution in [2.75, 3.05) is 17.7 Å². The SMILES string of the molecule is COc1cn(C)c(=O)n(-c2ccc(N[C@H]3CC[C@H](Nc4ncc(C)nn4)C3)nc2)c1=O. The predicted octanol–water partition coefficient (Wildman–Crippen LogP) is 0.878. The molecule has 0 aliphatic heterocycles. The van der Waals surface area contributed by atoms with Crippen molar-refractivity contribution in [3.05, 3.63) is 57.3 Å². The van der Waals surface area contributed by atoms with Gasteiger partial charge in [-0.1, -0.05) is 0 Å². The number of ether oxygens (including phenoxy) is 1. The zero-order valence-corrected chi connectivity index (χ0v) is 17.6. The highest BCUT2D eigenvalue weighted by Crippen LogP contribution is 2.24. The summed E-state index contributed by atoms with van der Waals surface area (Å²) in [4.78, 5) is 33.6. The molecule has 11 nitrogen and oxygen atoms in total. The lowest BCUT2D eigenvalue weighted by molar-refractivity contribution is 0.398. The van der Waals surface area contributed by atoms with E-state index in [9.17, 15) is 9.59 Å². The first-order chi connectivity index (χ1) is 14.9. The number of aryl methyl sites for hydroxylation is 2. The number of anilines is 2. The van der Waals surface area contributed by atoms with Crippen LogP contribution in [0.5, 0.6) is 5.75 Å². The Bertz CT molecular complexity index is 1170. The number of rotatable bonds is 6. The van der Waals surface area contributed by atoms with E-state index in [1.807, 2.05) is 6.92 Å². The molecule has 0 bridgehead atoms. The molecule has 1 fully saturated rings. The Hall–Kier alpha value is -3.76. The lowest BCUT2D eigenvalue weighted by Crippen LogP contribution is -2.37. The summed E-state index contributed by atoms with van der Waals surface area (Å²) >= 11 is 0. The first kappa shape index (κ1) is 20.5. The molecule has 1 saturated carbocycles. The summed E-state index contributed by atoms with van der Waals surface area (Å²) in [6, 6.07) is 3.93. The number of aromatic nitrogens is 6. The summed E-state index contributed by atoms with van der Waals surface area (Å²) < 4.78 is 7.41. The van der Waals surface area contributed by atoms with Gasteiger partial charge in [-0.15, -0.1) is 5.10 Å². The fourth-order valence-corrected chi connectivity index (χ4v) is 3.65. The smallest absolute Gasteiger partial charge is 0.335 e. The van der Waals surface area contributed by atoms with Gasteiger partial charge in [-0.3, -0.25) is 9.36 Å². The molecule has 1 aliphatic carbocycles. The van der Waals surface area contributed by atoms with Crippen molar-refractivity contribution in [1.29, 1.82) is 0 Å². The zero-order chi connectivity index (χ0) is 22.0.